The van der Waals surface area contributed by atoms with Crippen LogP contribution in [0, 0.1) is 10.1 Å². The number of hydrogen-bond acceptors (Lipinski definition) is 12. The van der Waals surface area contributed by atoms with E-state index in [0.29, 0.717) is 44.2 Å². The lowest BCUT2D eigenvalue weighted by atomic mass is 9.78. The number of carbonyl (C=O) groups is 2. The van der Waals surface area contributed by atoms with Crippen molar-refractivity contribution in [2.24, 2.45) is 0 Å². The minimum absolute atomic E-state index is 0.00253. The first-order chi connectivity index (χ1) is 28.7. The van der Waals surface area contributed by atoms with Crippen LogP contribution in [0.4, 0.5) is 17.1 Å². The van der Waals surface area contributed by atoms with Gasteiger partial charge in [-0.2, -0.15) is 0 Å². The van der Waals surface area contributed by atoms with Crippen LogP contribution in [-0.2, 0) is 20.7 Å². The number of rotatable bonds is 9. The van der Waals surface area contributed by atoms with E-state index in [1.165, 1.54) is 32.4 Å². The molecular formula is C46H40ClN3O10. The third-order valence-corrected chi connectivity index (χ3v) is 10.8. The zero-order valence-corrected chi connectivity index (χ0v) is 34.2. The van der Waals surface area contributed by atoms with Crippen LogP contribution in [0.3, 0.4) is 0 Å². The minimum Gasteiger partial charge on any atom is -0.507 e. The number of halogens is 1. The molecule has 0 radical (unpaired) electrons. The Morgan fingerprint density at radius 1 is 0.583 bits per heavy atom. The van der Waals surface area contributed by atoms with E-state index in [2.05, 4.69) is 0 Å². The van der Waals surface area contributed by atoms with Crippen molar-refractivity contribution in [1.82, 2.24) is 0 Å². The van der Waals surface area contributed by atoms with Gasteiger partial charge in [0.15, 0.2) is 11.2 Å². The maximum atomic E-state index is 12.8. The Bertz CT molecular complexity index is 2680. The second kappa shape index (κ2) is 15.8. The molecule has 6 aromatic carbocycles. The van der Waals surface area contributed by atoms with Gasteiger partial charge in [0.05, 0.1) is 35.8 Å². The number of aromatic hydroxyl groups is 2. The van der Waals surface area contributed by atoms with Gasteiger partial charge in [-0.25, -0.2) is 9.59 Å². The third kappa shape index (κ3) is 6.72. The Labute approximate surface area is 350 Å². The van der Waals surface area contributed by atoms with Crippen LogP contribution in [0.2, 0.25) is 5.02 Å². The molecule has 306 valence electrons. The van der Waals surface area contributed by atoms with E-state index in [-0.39, 0.29) is 34.1 Å². The molecule has 0 bridgehead atoms. The van der Waals surface area contributed by atoms with E-state index in [1.807, 2.05) is 56.2 Å². The molecule has 2 heterocycles. The lowest BCUT2D eigenvalue weighted by Crippen LogP contribution is -2.30. The number of cyclic esters (lactones) is 2. The van der Waals surface area contributed by atoms with Gasteiger partial charge in [-0.3, -0.25) is 10.1 Å². The highest BCUT2D eigenvalue weighted by Crippen LogP contribution is 2.54. The second-order valence-corrected chi connectivity index (χ2v) is 14.8. The monoisotopic (exact) mass is 829 g/mol. The van der Waals surface area contributed by atoms with E-state index in [0.717, 1.165) is 11.4 Å². The third-order valence-electron chi connectivity index (χ3n) is 10.6. The molecule has 2 atom stereocenters. The van der Waals surface area contributed by atoms with Gasteiger partial charge in [-0.1, -0.05) is 48.0 Å². The van der Waals surface area contributed by atoms with Gasteiger partial charge in [-0.05, 0) is 60.7 Å². The van der Waals surface area contributed by atoms with Crippen LogP contribution in [-0.4, -0.2) is 69.5 Å². The summed E-state index contributed by atoms with van der Waals surface area (Å²) in [6, 6.07) is 33.4. The Morgan fingerprint density at radius 3 is 1.43 bits per heavy atom. The van der Waals surface area contributed by atoms with Crippen molar-refractivity contribution >= 4 is 40.6 Å². The zero-order chi connectivity index (χ0) is 43.1. The number of anilines is 2. The molecular weight excluding hydrogens is 790 g/mol. The number of hydrogen-bond donors (Lipinski definition) is 2. The number of benzene rings is 6. The number of esters is 2. The van der Waals surface area contributed by atoms with Gasteiger partial charge in [0.2, 0.25) is 0 Å². The average Bonchev–Trinajstić information content (AvgIpc) is 3.71. The number of fused-ring (bicyclic) bond motifs is 2. The molecule has 0 saturated heterocycles. The topological polar surface area (TPSA) is 161 Å². The molecule has 60 heavy (non-hydrogen) atoms. The van der Waals surface area contributed by atoms with Crippen LogP contribution in [0.5, 0.6) is 23.0 Å². The molecule has 0 saturated carbocycles. The maximum Gasteiger partial charge on any atom is 0.340 e. The first-order valence-corrected chi connectivity index (χ1v) is 18.9. The quantitative estimate of drug-likeness (QED) is 0.0815. The first kappa shape index (κ1) is 40.9. The van der Waals surface area contributed by atoms with Gasteiger partial charge in [0, 0.05) is 96.7 Å². The summed E-state index contributed by atoms with van der Waals surface area (Å²) in [5, 5.41) is 33.9. The summed E-state index contributed by atoms with van der Waals surface area (Å²) < 4.78 is 23.0. The number of phenols is 2. The minimum atomic E-state index is -1.63. The summed E-state index contributed by atoms with van der Waals surface area (Å²) in [7, 11) is 10.4. The van der Waals surface area contributed by atoms with Crippen LogP contribution in [0.15, 0.2) is 121 Å². The van der Waals surface area contributed by atoms with Crippen molar-refractivity contribution < 1.29 is 43.7 Å². The number of nitro benzene ring substituents is 1. The molecule has 2 unspecified atom stereocenters. The van der Waals surface area contributed by atoms with Gasteiger partial charge in [0.1, 0.15) is 23.0 Å². The number of nitrogens with zero attached hydrogens (tertiary/aromatic N) is 3. The standard InChI is InChI=1S/C23H20ClNO4.C23H20N2O6/c1-25(2)15-9-10-18(20(26)13-15)23(19-12-14(24)8-11-21(19)28-3)17-7-5-4-6-16(17)22(27)29-23;1-24(2)14-8-10-18(20(26)13-14)23(17-7-5-4-6-16(17)22(27)31-23)19-12-15(25(28)29)9-11-21(19)30-3/h4-13,26H,1-3H3;4-13,26H,1-3H3. The SMILES string of the molecule is COc1ccc(Cl)cc1C1(c2ccc(N(C)C)cc2O)OC(=O)c2ccccc21.COc1ccc([N+](=O)[O-])cc1C1(c2ccc(N(C)C)cc2O)OC(=O)c2ccccc21. The van der Waals surface area contributed by atoms with Gasteiger partial charge < -0.3 is 39.0 Å². The summed E-state index contributed by atoms with van der Waals surface area (Å²) in [4.78, 5) is 40.3. The summed E-state index contributed by atoms with van der Waals surface area (Å²) >= 11 is 6.31. The fourth-order valence-corrected chi connectivity index (χ4v) is 7.93. The van der Waals surface area contributed by atoms with Crippen molar-refractivity contribution in [3.63, 3.8) is 0 Å². The van der Waals surface area contributed by atoms with E-state index < -0.39 is 28.1 Å². The van der Waals surface area contributed by atoms with E-state index >= 15 is 0 Å². The molecule has 0 fully saturated rings. The van der Waals surface area contributed by atoms with Crippen molar-refractivity contribution in [2.45, 2.75) is 11.2 Å². The molecule has 0 aliphatic carbocycles. The van der Waals surface area contributed by atoms with Crippen LogP contribution in [0.25, 0.3) is 0 Å². The van der Waals surface area contributed by atoms with Gasteiger partial charge in [-0.15, -0.1) is 0 Å². The summed E-state index contributed by atoms with van der Waals surface area (Å²) in [5.41, 5.74) is 1.67. The van der Waals surface area contributed by atoms with E-state index in [1.54, 1.807) is 84.9 Å². The maximum absolute atomic E-state index is 12.8. The van der Waals surface area contributed by atoms with Crippen molar-refractivity contribution in [2.75, 3.05) is 52.2 Å². The Hall–Kier alpha value is -7.25. The summed E-state index contributed by atoms with van der Waals surface area (Å²) in [6.45, 7) is 0. The number of nitro groups is 1. The number of methoxy groups -OCH3 is 2. The number of carbonyl (C=O) groups excluding carboxylic acids is 2. The predicted octanol–water partition coefficient (Wildman–Crippen LogP) is 8.42. The molecule has 13 nitrogen and oxygen atoms in total. The lowest BCUT2D eigenvalue weighted by Gasteiger charge is -2.32. The van der Waals surface area contributed by atoms with Crippen LogP contribution >= 0.6 is 11.6 Å². The molecule has 14 heteroatoms. The fraction of sp³-hybridized carbons (Fsp3) is 0.174. The van der Waals surface area contributed by atoms with Gasteiger partial charge in [0.25, 0.3) is 5.69 Å². The molecule has 2 N–H and O–H groups in total. The molecule has 0 spiro atoms. The molecule has 0 aromatic heterocycles. The van der Waals surface area contributed by atoms with Crippen LogP contribution < -0.4 is 19.3 Å². The summed E-state index contributed by atoms with van der Waals surface area (Å²) in [5.74, 6) is -0.410. The highest BCUT2D eigenvalue weighted by Gasteiger charge is 2.53. The second-order valence-electron chi connectivity index (χ2n) is 14.4. The van der Waals surface area contributed by atoms with Crippen LogP contribution in [0.1, 0.15) is 54.1 Å². The molecule has 2 aliphatic rings. The zero-order valence-electron chi connectivity index (χ0n) is 33.4. The van der Waals surface area contributed by atoms with E-state index in [4.69, 9.17) is 30.5 Å². The Kier molecular flexibility index (Phi) is 10.8. The highest BCUT2D eigenvalue weighted by atomic mass is 35.5. The molecule has 2 aliphatic heterocycles. The van der Waals surface area contributed by atoms with E-state index in [9.17, 15) is 29.9 Å². The normalized spacial score (nSPS) is 17.3. The molecule has 0 amide bonds. The molecule has 6 aromatic rings. The Balaban J connectivity index is 0.000000182. The first-order valence-electron chi connectivity index (χ1n) is 18.5. The van der Waals surface area contributed by atoms with Gasteiger partial charge >= 0.3 is 11.9 Å². The molecule has 8 rings (SSSR count). The highest BCUT2D eigenvalue weighted by molar-refractivity contribution is 6.30. The number of ether oxygens (including phenoxy) is 4. The fourth-order valence-electron chi connectivity index (χ4n) is 7.76. The van der Waals surface area contributed by atoms with Crippen molar-refractivity contribution in [3.05, 3.63) is 181 Å². The Morgan fingerprint density at radius 2 is 1.02 bits per heavy atom. The lowest BCUT2D eigenvalue weighted by molar-refractivity contribution is -0.385. The number of non-ortho nitro benzene ring substituents is 1. The van der Waals surface area contributed by atoms with Crippen molar-refractivity contribution in [1.29, 1.82) is 0 Å². The predicted molar refractivity (Wildman–Crippen MR) is 226 cm³/mol. The smallest absolute Gasteiger partial charge is 0.340 e. The van der Waals surface area contributed by atoms with Crippen molar-refractivity contribution in [3.8, 4) is 23.0 Å². The summed E-state index contributed by atoms with van der Waals surface area (Å²) in [6.07, 6.45) is 0. The average molecular weight is 830 g/mol. The number of phenolic OH excluding ortho intramolecular Hbond substituents is 2. The largest absolute Gasteiger partial charge is 0.507 e.